The summed E-state index contributed by atoms with van der Waals surface area (Å²) in [4.78, 5) is 0. The van der Waals surface area contributed by atoms with Gasteiger partial charge in [0.15, 0.2) is 0 Å². The summed E-state index contributed by atoms with van der Waals surface area (Å²) in [5, 5.41) is 0. The Morgan fingerprint density at radius 1 is 0.800 bits per heavy atom. The van der Waals surface area contributed by atoms with E-state index in [9.17, 15) is 0 Å². The third-order valence-electron chi connectivity index (χ3n) is 8.73. The first-order valence-corrected chi connectivity index (χ1v) is 15.0. The van der Waals surface area contributed by atoms with Crippen LogP contribution in [0.2, 0.25) is 0 Å². The third kappa shape index (κ3) is 9.01. The molecule has 0 saturated heterocycles. The lowest BCUT2D eigenvalue weighted by atomic mass is 9.83. The van der Waals surface area contributed by atoms with E-state index in [2.05, 4.69) is 69.2 Å². The van der Waals surface area contributed by atoms with Crippen molar-refractivity contribution in [3.05, 3.63) is 22.3 Å². The van der Waals surface area contributed by atoms with E-state index >= 15 is 0 Å². The molecule has 0 aromatic heterocycles. The van der Waals surface area contributed by atoms with E-state index < -0.39 is 0 Å². The fourth-order valence-corrected chi connectivity index (χ4v) is 5.72. The maximum atomic E-state index is 6.79. The second-order valence-electron chi connectivity index (χ2n) is 12.8. The van der Waals surface area contributed by atoms with E-state index in [1.165, 1.54) is 73.6 Å². The molecule has 0 fully saturated rings. The minimum absolute atomic E-state index is 0.0413. The van der Waals surface area contributed by atoms with Gasteiger partial charge >= 0.3 is 0 Å². The fraction of sp³-hybridized carbons (Fsp3) is 0.818. The summed E-state index contributed by atoms with van der Waals surface area (Å²) in [6.45, 7) is 22.9. The standard InChI is InChI=1S/C33H58O2/c1-11-26(6)34-31-27(7)28(8)32-30(29(31)9)20-22-33(10,35-32)21-14-19-25(5)18-13-17-24(4)16-12-15-23(2)3/h23-26H,11-22H2,1-10H3/t24-,25-,26?,33-/m1/s1. The van der Waals surface area contributed by atoms with Gasteiger partial charge in [0.25, 0.3) is 0 Å². The Bertz CT molecular complexity index is 780. The molecule has 2 rings (SSSR count). The number of fused-ring (bicyclic) bond motifs is 1. The van der Waals surface area contributed by atoms with Crippen molar-refractivity contribution in [1.82, 2.24) is 0 Å². The fourth-order valence-electron chi connectivity index (χ4n) is 5.72. The highest BCUT2D eigenvalue weighted by Crippen LogP contribution is 2.45. The first-order valence-electron chi connectivity index (χ1n) is 15.0. The average molecular weight is 487 g/mol. The minimum Gasteiger partial charge on any atom is -0.490 e. The molecule has 0 bridgehead atoms. The first kappa shape index (κ1) is 30.0. The van der Waals surface area contributed by atoms with Crippen LogP contribution in [0.25, 0.3) is 0 Å². The number of hydrogen-bond acceptors (Lipinski definition) is 2. The molecule has 1 unspecified atom stereocenters. The molecule has 1 heterocycles. The highest BCUT2D eigenvalue weighted by atomic mass is 16.5. The summed E-state index contributed by atoms with van der Waals surface area (Å²) < 4.78 is 13.1. The molecule has 1 aliphatic heterocycles. The largest absolute Gasteiger partial charge is 0.490 e. The van der Waals surface area contributed by atoms with Gasteiger partial charge in [-0.3, -0.25) is 0 Å². The Labute approximate surface area is 219 Å². The molecular weight excluding hydrogens is 428 g/mol. The van der Waals surface area contributed by atoms with E-state index in [4.69, 9.17) is 9.47 Å². The van der Waals surface area contributed by atoms with Crippen LogP contribution in [-0.2, 0) is 6.42 Å². The van der Waals surface area contributed by atoms with Gasteiger partial charge < -0.3 is 9.47 Å². The van der Waals surface area contributed by atoms with Gasteiger partial charge in [-0.15, -0.1) is 0 Å². The van der Waals surface area contributed by atoms with Crippen LogP contribution in [0.4, 0.5) is 0 Å². The van der Waals surface area contributed by atoms with Gasteiger partial charge in [-0.05, 0) is 101 Å². The molecule has 0 radical (unpaired) electrons. The first-order chi connectivity index (χ1) is 16.5. The van der Waals surface area contributed by atoms with Gasteiger partial charge in [0.05, 0.1) is 6.10 Å². The molecule has 4 atom stereocenters. The lowest BCUT2D eigenvalue weighted by molar-refractivity contribution is 0.0510. The van der Waals surface area contributed by atoms with Crippen LogP contribution in [0.15, 0.2) is 0 Å². The molecule has 1 aromatic rings. The maximum Gasteiger partial charge on any atom is 0.127 e. The van der Waals surface area contributed by atoms with Crippen molar-refractivity contribution in [2.24, 2.45) is 17.8 Å². The average Bonchev–Trinajstić information content (AvgIpc) is 2.79. The van der Waals surface area contributed by atoms with Crippen LogP contribution in [0, 0.1) is 38.5 Å². The quantitative estimate of drug-likeness (QED) is 0.245. The van der Waals surface area contributed by atoms with Gasteiger partial charge in [0.2, 0.25) is 0 Å². The molecule has 2 heteroatoms. The summed E-state index contributed by atoms with van der Waals surface area (Å²) in [7, 11) is 0. The van der Waals surface area contributed by atoms with Crippen molar-refractivity contribution in [2.75, 3.05) is 0 Å². The molecule has 1 aliphatic rings. The second-order valence-corrected chi connectivity index (χ2v) is 12.8. The van der Waals surface area contributed by atoms with Crippen molar-refractivity contribution in [1.29, 1.82) is 0 Å². The Morgan fingerprint density at radius 2 is 1.37 bits per heavy atom. The van der Waals surface area contributed by atoms with Gasteiger partial charge in [-0.1, -0.05) is 79.6 Å². The normalized spacial score (nSPS) is 20.3. The summed E-state index contributed by atoms with van der Waals surface area (Å²) >= 11 is 0. The van der Waals surface area contributed by atoms with E-state index in [0.29, 0.717) is 0 Å². The third-order valence-corrected chi connectivity index (χ3v) is 8.73. The van der Waals surface area contributed by atoms with Crippen LogP contribution in [0.5, 0.6) is 11.5 Å². The molecular formula is C33H58O2. The van der Waals surface area contributed by atoms with E-state index in [0.717, 1.165) is 54.9 Å². The van der Waals surface area contributed by atoms with Gasteiger partial charge in [0, 0.05) is 5.56 Å². The summed E-state index contributed by atoms with van der Waals surface area (Å²) in [6.07, 6.45) is 15.6. The summed E-state index contributed by atoms with van der Waals surface area (Å²) in [6, 6.07) is 0. The van der Waals surface area contributed by atoms with Gasteiger partial charge in [-0.25, -0.2) is 0 Å². The van der Waals surface area contributed by atoms with Crippen LogP contribution in [0.3, 0.4) is 0 Å². The minimum atomic E-state index is -0.0413. The van der Waals surface area contributed by atoms with Crippen molar-refractivity contribution in [3.8, 4) is 11.5 Å². The smallest absolute Gasteiger partial charge is 0.127 e. The van der Waals surface area contributed by atoms with Crippen LogP contribution >= 0.6 is 0 Å². The summed E-state index contributed by atoms with van der Waals surface area (Å²) in [5.41, 5.74) is 5.14. The molecule has 0 aliphatic carbocycles. The molecule has 0 N–H and O–H groups in total. The zero-order chi connectivity index (χ0) is 26.2. The van der Waals surface area contributed by atoms with Crippen molar-refractivity contribution in [3.63, 3.8) is 0 Å². The highest BCUT2D eigenvalue weighted by Gasteiger charge is 2.34. The number of benzene rings is 1. The van der Waals surface area contributed by atoms with Gasteiger partial charge in [-0.2, -0.15) is 0 Å². The van der Waals surface area contributed by atoms with Crippen LogP contribution < -0.4 is 9.47 Å². The van der Waals surface area contributed by atoms with Crippen LogP contribution in [0.1, 0.15) is 141 Å². The molecule has 202 valence electrons. The van der Waals surface area contributed by atoms with Crippen LogP contribution in [-0.4, -0.2) is 11.7 Å². The lowest BCUT2D eigenvalue weighted by Crippen LogP contribution is -2.37. The molecule has 0 amide bonds. The number of hydrogen-bond donors (Lipinski definition) is 0. The maximum absolute atomic E-state index is 6.79. The number of rotatable bonds is 15. The second kappa shape index (κ2) is 13.9. The zero-order valence-corrected chi connectivity index (χ0v) is 25.1. The lowest BCUT2D eigenvalue weighted by Gasteiger charge is -2.38. The van der Waals surface area contributed by atoms with Crippen molar-refractivity contribution < 1.29 is 9.47 Å². The van der Waals surface area contributed by atoms with E-state index in [1.807, 2.05) is 0 Å². The molecule has 2 nitrogen and oxygen atoms in total. The predicted octanol–water partition coefficient (Wildman–Crippen LogP) is 10.3. The molecule has 0 saturated carbocycles. The van der Waals surface area contributed by atoms with Gasteiger partial charge in [0.1, 0.15) is 17.1 Å². The summed E-state index contributed by atoms with van der Waals surface area (Å²) in [5.74, 6) is 4.80. The van der Waals surface area contributed by atoms with Crippen molar-refractivity contribution in [2.45, 2.75) is 158 Å². The SMILES string of the molecule is CCC(C)Oc1c(C)c(C)c2c(c1C)CC[C@@](C)(CCC[C@H](C)CCC[C@H](C)CCCC(C)C)O2. The molecule has 0 spiro atoms. The van der Waals surface area contributed by atoms with Crippen molar-refractivity contribution >= 4 is 0 Å². The Balaban J connectivity index is 1.83. The highest BCUT2D eigenvalue weighted by molar-refractivity contribution is 5.59. The Hall–Kier alpha value is -1.18. The Morgan fingerprint density at radius 3 is 1.94 bits per heavy atom. The topological polar surface area (TPSA) is 18.5 Å². The monoisotopic (exact) mass is 486 g/mol. The van der Waals surface area contributed by atoms with E-state index in [-0.39, 0.29) is 11.7 Å². The Kier molecular flexibility index (Phi) is 12.0. The predicted molar refractivity (Wildman–Crippen MR) is 153 cm³/mol. The zero-order valence-electron chi connectivity index (χ0n) is 25.1. The number of ether oxygens (including phenoxy) is 2. The van der Waals surface area contributed by atoms with E-state index in [1.54, 1.807) is 0 Å². The molecule has 1 aromatic carbocycles. The molecule has 35 heavy (non-hydrogen) atoms.